The molecule has 134 valence electrons. The lowest BCUT2D eigenvalue weighted by Gasteiger charge is -2.21. The van der Waals surface area contributed by atoms with Gasteiger partial charge in [0.05, 0.1) is 15.5 Å². The van der Waals surface area contributed by atoms with Gasteiger partial charge in [0.1, 0.15) is 0 Å². The Bertz CT molecular complexity index is 1040. The first-order valence-corrected chi connectivity index (χ1v) is 10.8. The summed E-state index contributed by atoms with van der Waals surface area (Å²) in [4.78, 5) is 0.423. The second kappa shape index (κ2) is 6.12. The number of nitrogens with zero attached hydrogens (tertiary/aromatic N) is 1. The van der Waals surface area contributed by atoms with Crippen LogP contribution in [0.15, 0.2) is 46.2 Å². The SMILES string of the molecule is CNS(=O)(=O)c1ccc2c(c1)CCN2S(=O)(=O)c1cc(C)ccc1C. The lowest BCUT2D eigenvalue weighted by atomic mass is 10.2. The zero-order valence-corrected chi connectivity index (χ0v) is 15.9. The van der Waals surface area contributed by atoms with Crippen molar-refractivity contribution in [3.8, 4) is 0 Å². The van der Waals surface area contributed by atoms with Crippen molar-refractivity contribution in [2.45, 2.75) is 30.1 Å². The van der Waals surface area contributed by atoms with Crippen LogP contribution < -0.4 is 9.03 Å². The van der Waals surface area contributed by atoms with E-state index >= 15 is 0 Å². The van der Waals surface area contributed by atoms with Gasteiger partial charge in [0.25, 0.3) is 10.0 Å². The van der Waals surface area contributed by atoms with Gasteiger partial charge < -0.3 is 0 Å². The van der Waals surface area contributed by atoms with Crippen LogP contribution >= 0.6 is 0 Å². The summed E-state index contributed by atoms with van der Waals surface area (Å²) in [5.74, 6) is 0. The Hall–Kier alpha value is -1.90. The molecule has 0 bridgehead atoms. The van der Waals surface area contributed by atoms with E-state index in [2.05, 4.69) is 4.72 Å². The smallest absolute Gasteiger partial charge is 0.264 e. The van der Waals surface area contributed by atoms with Gasteiger partial charge in [-0.15, -0.1) is 0 Å². The van der Waals surface area contributed by atoms with Crippen LogP contribution in [0.25, 0.3) is 0 Å². The van der Waals surface area contributed by atoms with Gasteiger partial charge in [-0.2, -0.15) is 0 Å². The van der Waals surface area contributed by atoms with Crippen molar-refractivity contribution < 1.29 is 16.8 Å². The fraction of sp³-hybridized carbons (Fsp3) is 0.294. The molecule has 25 heavy (non-hydrogen) atoms. The van der Waals surface area contributed by atoms with Gasteiger partial charge in [0.2, 0.25) is 10.0 Å². The number of hydrogen-bond acceptors (Lipinski definition) is 4. The van der Waals surface area contributed by atoms with Crippen LogP contribution in [0.1, 0.15) is 16.7 Å². The van der Waals surface area contributed by atoms with Crippen molar-refractivity contribution in [1.82, 2.24) is 4.72 Å². The molecule has 0 aromatic heterocycles. The molecule has 0 atom stereocenters. The number of hydrogen-bond donors (Lipinski definition) is 1. The maximum absolute atomic E-state index is 13.1. The van der Waals surface area contributed by atoms with E-state index in [4.69, 9.17) is 0 Å². The first-order chi connectivity index (χ1) is 11.7. The molecular formula is C17H20N2O4S2. The third-order valence-electron chi connectivity index (χ3n) is 4.39. The van der Waals surface area contributed by atoms with E-state index in [9.17, 15) is 16.8 Å². The molecule has 0 saturated carbocycles. The van der Waals surface area contributed by atoms with Gasteiger partial charge in [-0.1, -0.05) is 12.1 Å². The highest BCUT2D eigenvalue weighted by Crippen LogP contribution is 2.35. The standard InChI is InChI=1S/C17H20N2O4S2/c1-12-4-5-13(2)17(10-12)25(22,23)19-9-8-14-11-15(6-7-16(14)19)24(20,21)18-3/h4-7,10-11,18H,8-9H2,1-3H3. The van der Waals surface area contributed by atoms with E-state index in [1.165, 1.54) is 17.4 Å². The van der Waals surface area contributed by atoms with Crippen LogP contribution in [0.2, 0.25) is 0 Å². The number of aryl methyl sites for hydroxylation is 2. The first kappa shape index (κ1) is 17.9. The number of rotatable bonds is 4. The molecule has 0 radical (unpaired) electrons. The van der Waals surface area contributed by atoms with E-state index in [1.807, 2.05) is 13.0 Å². The van der Waals surface area contributed by atoms with E-state index in [0.29, 0.717) is 29.8 Å². The molecule has 0 unspecified atom stereocenters. The van der Waals surface area contributed by atoms with Gasteiger partial charge in [-0.25, -0.2) is 21.6 Å². The van der Waals surface area contributed by atoms with Crippen molar-refractivity contribution in [3.05, 3.63) is 53.1 Å². The summed E-state index contributed by atoms with van der Waals surface area (Å²) >= 11 is 0. The second-order valence-corrected chi connectivity index (χ2v) is 9.81. The topological polar surface area (TPSA) is 83.6 Å². The van der Waals surface area contributed by atoms with Crippen LogP contribution in [-0.4, -0.2) is 30.4 Å². The molecule has 1 aliphatic heterocycles. The Morgan fingerprint density at radius 1 is 1.00 bits per heavy atom. The van der Waals surface area contributed by atoms with Crippen molar-refractivity contribution in [2.75, 3.05) is 17.9 Å². The summed E-state index contributed by atoms with van der Waals surface area (Å²) in [6.45, 7) is 3.92. The largest absolute Gasteiger partial charge is 0.266 e. The lowest BCUT2D eigenvalue weighted by Crippen LogP contribution is -2.29. The third kappa shape index (κ3) is 3.05. The molecule has 0 fully saturated rings. The molecule has 1 aliphatic rings. The maximum atomic E-state index is 13.1. The highest BCUT2D eigenvalue weighted by molar-refractivity contribution is 7.93. The average Bonchev–Trinajstić information content (AvgIpc) is 3.00. The predicted octanol–water partition coefficient (Wildman–Crippen LogP) is 1.96. The Labute approximate surface area is 148 Å². The minimum Gasteiger partial charge on any atom is -0.266 e. The zero-order chi connectivity index (χ0) is 18.4. The molecule has 1 heterocycles. The molecule has 0 spiro atoms. The van der Waals surface area contributed by atoms with Crippen LogP contribution in [0.3, 0.4) is 0 Å². The van der Waals surface area contributed by atoms with Crippen molar-refractivity contribution >= 4 is 25.7 Å². The van der Waals surface area contributed by atoms with Crippen LogP contribution in [-0.2, 0) is 26.5 Å². The molecule has 2 aromatic rings. The summed E-state index contributed by atoms with van der Waals surface area (Å²) in [5.41, 5.74) is 2.81. The summed E-state index contributed by atoms with van der Waals surface area (Å²) in [5, 5.41) is 0. The number of anilines is 1. The van der Waals surface area contributed by atoms with Crippen molar-refractivity contribution in [2.24, 2.45) is 0 Å². The van der Waals surface area contributed by atoms with Crippen LogP contribution in [0, 0.1) is 13.8 Å². The summed E-state index contributed by atoms with van der Waals surface area (Å²) in [6, 6.07) is 9.88. The van der Waals surface area contributed by atoms with Gasteiger partial charge in [-0.05, 0) is 68.3 Å². The Morgan fingerprint density at radius 3 is 2.40 bits per heavy atom. The van der Waals surface area contributed by atoms with E-state index in [0.717, 1.165) is 5.56 Å². The van der Waals surface area contributed by atoms with Gasteiger partial charge in [0, 0.05) is 6.54 Å². The molecule has 8 heteroatoms. The highest BCUT2D eigenvalue weighted by atomic mass is 32.2. The normalized spacial score (nSPS) is 14.6. The number of sulfonamides is 2. The molecule has 3 rings (SSSR count). The summed E-state index contributed by atoms with van der Waals surface area (Å²) in [7, 11) is -5.90. The molecule has 6 nitrogen and oxygen atoms in total. The number of nitrogens with one attached hydrogen (secondary N) is 1. The molecule has 1 N–H and O–H groups in total. The fourth-order valence-electron chi connectivity index (χ4n) is 2.99. The Balaban J connectivity index is 2.07. The highest BCUT2D eigenvalue weighted by Gasteiger charge is 2.32. The van der Waals surface area contributed by atoms with E-state index in [-0.39, 0.29) is 9.79 Å². The minimum atomic E-state index is -3.69. The van der Waals surface area contributed by atoms with Crippen LogP contribution in [0.5, 0.6) is 0 Å². The van der Waals surface area contributed by atoms with Crippen molar-refractivity contribution in [3.63, 3.8) is 0 Å². The zero-order valence-electron chi connectivity index (χ0n) is 14.3. The van der Waals surface area contributed by atoms with Crippen molar-refractivity contribution in [1.29, 1.82) is 0 Å². The molecule has 0 amide bonds. The maximum Gasteiger partial charge on any atom is 0.264 e. The monoisotopic (exact) mass is 380 g/mol. The first-order valence-electron chi connectivity index (χ1n) is 7.83. The molecule has 0 saturated heterocycles. The Kier molecular flexibility index (Phi) is 4.38. The molecule has 2 aromatic carbocycles. The van der Waals surface area contributed by atoms with E-state index < -0.39 is 20.0 Å². The minimum absolute atomic E-state index is 0.139. The molecular weight excluding hydrogens is 360 g/mol. The predicted molar refractivity (Wildman–Crippen MR) is 96.8 cm³/mol. The second-order valence-electron chi connectivity index (χ2n) is 6.09. The van der Waals surface area contributed by atoms with E-state index in [1.54, 1.807) is 31.2 Å². The lowest BCUT2D eigenvalue weighted by molar-refractivity contribution is 0.587. The van der Waals surface area contributed by atoms with Gasteiger partial charge >= 0.3 is 0 Å². The molecule has 0 aliphatic carbocycles. The number of fused-ring (bicyclic) bond motifs is 1. The summed E-state index contributed by atoms with van der Waals surface area (Å²) < 4.78 is 53.7. The average molecular weight is 380 g/mol. The fourth-order valence-corrected chi connectivity index (χ4v) is 5.58. The quantitative estimate of drug-likeness (QED) is 0.879. The van der Waals surface area contributed by atoms with Gasteiger partial charge in [-0.3, -0.25) is 4.31 Å². The Morgan fingerprint density at radius 2 is 1.72 bits per heavy atom. The third-order valence-corrected chi connectivity index (χ3v) is 7.76. The van der Waals surface area contributed by atoms with Gasteiger partial charge in [0.15, 0.2) is 0 Å². The number of benzene rings is 2. The van der Waals surface area contributed by atoms with Crippen LogP contribution in [0.4, 0.5) is 5.69 Å². The summed E-state index contributed by atoms with van der Waals surface area (Å²) in [6.07, 6.45) is 0.479.